The van der Waals surface area contributed by atoms with E-state index in [0.717, 1.165) is 53.3 Å². The standard InChI is InChI=1S/C26H28N2O2/c1-18-15-22(29-2)17-24-23(13-6-7-14-27)26(28-25(18)24)19-9-8-12-21(16-19)30-20-10-4-3-5-11-20/h3-5,8-12,15-17,28H,6-7,13-14,27H2,1-2H3. The summed E-state index contributed by atoms with van der Waals surface area (Å²) in [5.74, 6) is 2.53. The van der Waals surface area contributed by atoms with Gasteiger partial charge >= 0.3 is 0 Å². The van der Waals surface area contributed by atoms with Gasteiger partial charge < -0.3 is 20.2 Å². The van der Waals surface area contributed by atoms with Gasteiger partial charge in [-0.3, -0.25) is 0 Å². The number of fused-ring (bicyclic) bond motifs is 1. The van der Waals surface area contributed by atoms with Crippen LogP contribution in [-0.2, 0) is 6.42 Å². The molecule has 154 valence electrons. The summed E-state index contributed by atoms with van der Waals surface area (Å²) in [5, 5.41) is 1.22. The van der Waals surface area contributed by atoms with Crippen molar-refractivity contribution in [1.82, 2.24) is 4.98 Å². The topological polar surface area (TPSA) is 60.3 Å². The number of unbranched alkanes of at least 4 members (excludes halogenated alkanes) is 1. The molecular weight excluding hydrogens is 372 g/mol. The molecule has 0 aliphatic heterocycles. The second-order valence-electron chi connectivity index (χ2n) is 7.53. The lowest BCUT2D eigenvalue weighted by molar-refractivity contribution is 0.415. The van der Waals surface area contributed by atoms with E-state index in [4.69, 9.17) is 15.2 Å². The molecule has 4 nitrogen and oxygen atoms in total. The van der Waals surface area contributed by atoms with E-state index in [1.165, 1.54) is 16.5 Å². The number of benzene rings is 3. The van der Waals surface area contributed by atoms with Crippen molar-refractivity contribution in [2.24, 2.45) is 5.73 Å². The molecule has 0 aliphatic rings. The van der Waals surface area contributed by atoms with Crippen molar-refractivity contribution in [2.45, 2.75) is 26.2 Å². The molecule has 4 rings (SSSR count). The van der Waals surface area contributed by atoms with Gasteiger partial charge in [0.05, 0.1) is 7.11 Å². The third-order valence-corrected chi connectivity index (χ3v) is 5.40. The highest BCUT2D eigenvalue weighted by atomic mass is 16.5. The number of para-hydroxylation sites is 1. The number of hydrogen-bond donors (Lipinski definition) is 2. The van der Waals surface area contributed by atoms with Gasteiger partial charge in [-0.05, 0) is 80.3 Å². The molecule has 0 saturated heterocycles. The number of nitrogens with two attached hydrogens (primary N) is 1. The first kappa shape index (κ1) is 20.0. The summed E-state index contributed by atoms with van der Waals surface area (Å²) in [5.41, 5.74) is 11.6. The normalized spacial score (nSPS) is 11.0. The predicted octanol–water partition coefficient (Wildman–Crippen LogP) is 6.23. The lowest BCUT2D eigenvalue weighted by Gasteiger charge is -2.09. The fourth-order valence-corrected chi connectivity index (χ4v) is 3.90. The number of aromatic nitrogens is 1. The Hall–Kier alpha value is -3.24. The van der Waals surface area contributed by atoms with Crippen molar-refractivity contribution >= 4 is 10.9 Å². The zero-order chi connectivity index (χ0) is 20.9. The molecule has 3 N–H and O–H groups in total. The van der Waals surface area contributed by atoms with Gasteiger partial charge in [0.15, 0.2) is 0 Å². The average Bonchev–Trinajstić information content (AvgIpc) is 3.14. The number of methoxy groups -OCH3 is 1. The van der Waals surface area contributed by atoms with Crippen LogP contribution in [0, 0.1) is 6.92 Å². The first-order chi connectivity index (χ1) is 14.7. The van der Waals surface area contributed by atoms with Crippen molar-refractivity contribution < 1.29 is 9.47 Å². The Morgan fingerprint density at radius 3 is 2.43 bits per heavy atom. The van der Waals surface area contributed by atoms with E-state index in [1.54, 1.807) is 7.11 Å². The number of aromatic amines is 1. The highest BCUT2D eigenvalue weighted by molar-refractivity contribution is 5.94. The minimum absolute atomic E-state index is 0.709. The van der Waals surface area contributed by atoms with E-state index in [1.807, 2.05) is 42.5 Å². The average molecular weight is 401 g/mol. The zero-order valence-electron chi connectivity index (χ0n) is 17.6. The third-order valence-electron chi connectivity index (χ3n) is 5.40. The van der Waals surface area contributed by atoms with E-state index >= 15 is 0 Å². The second-order valence-corrected chi connectivity index (χ2v) is 7.53. The van der Waals surface area contributed by atoms with Crippen molar-refractivity contribution in [3.05, 3.63) is 77.9 Å². The summed E-state index contributed by atoms with van der Waals surface area (Å²) in [6.45, 7) is 2.82. The van der Waals surface area contributed by atoms with E-state index in [9.17, 15) is 0 Å². The van der Waals surface area contributed by atoms with Gasteiger partial charge in [0, 0.05) is 22.2 Å². The van der Waals surface area contributed by atoms with E-state index in [-0.39, 0.29) is 0 Å². The summed E-state index contributed by atoms with van der Waals surface area (Å²) in [4.78, 5) is 3.68. The number of H-pyrrole nitrogens is 1. The van der Waals surface area contributed by atoms with Crippen LogP contribution in [0.5, 0.6) is 17.2 Å². The van der Waals surface area contributed by atoms with Crippen molar-refractivity contribution in [1.29, 1.82) is 0 Å². The maximum atomic E-state index is 6.06. The summed E-state index contributed by atoms with van der Waals surface area (Å²) in [6, 6.07) is 22.3. The van der Waals surface area contributed by atoms with Crippen LogP contribution in [0.1, 0.15) is 24.0 Å². The van der Waals surface area contributed by atoms with Gasteiger partial charge in [-0.15, -0.1) is 0 Å². The molecule has 3 aromatic carbocycles. The summed E-state index contributed by atoms with van der Waals surface area (Å²) >= 11 is 0. The fourth-order valence-electron chi connectivity index (χ4n) is 3.90. The molecule has 1 heterocycles. The molecule has 1 aromatic heterocycles. The highest BCUT2D eigenvalue weighted by Gasteiger charge is 2.16. The fraction of sp³-hybridized carbons (Fsp3) is 0.231. The summed E-state index contributed by atoms with van der Waals surface area (Å²) < 4.78 is 11.6. The van der Waals surface area contributed by atoms with E-state index in [2.05, 4.69) is 36.2 Å². The van der Waals surface area contributed by atoms with Crippen molar-refractivity contribution in [3.63, 3.8) is 0 Å². The Kier molecular flexibility index (Phi) is 6.05. The van der Waals surface area contributed by atoms with Gasteiger partial charge in [0.1, 0.15) is 17.2 Å². The molecule has 0 bridgehead atoms. The quantitative estimate of drug-likeness (QED) is 0.345. The number of rotatable bonds is 8. The molecule has 0 atom stereocenters. The predicted molar refractivity (Wildman–Crippen MR) is 124 cm³/mol. The van der Waals surface area contributed by atoms with Crippen LogP contribution >= 0.6 is 0 Å². The Labute approximate surface area is 177 Å². The van der Waals surface area contributed by atoms with Crippen LogP contribution in [0.15, 0.2) is 66.7 Å². The summed E-state index contributed by atoms with van der Waals surface area (Å²) in [7, 11) is 1.71. The van der Waals surface area contributed by atoms with Crippen molar-refractivity contribution in [2.75, 3.05) is 13.7 Å². The maximum Gasteiger partial charge on any atom is 0.128 e. The maximum absolute atomic E-state index is 6.06. The molecule has 0 radical (unpaired) electrons. The van der Waals surface area contributed by atoms with Crippen molar-refractivity contribution in [3.8, 4) is 28.5 Å². The van der Waals surface area contributed by atoms with Crippen LogP contribution in [0.2, 0.25) is 0 Å². The first-order valence-electron chi connectivity index (χ1n) is 10.4. The summed E-state index contributed by atoms with van der Waals surface area (Å²) in [6.07, 6.45) is 3.02. The van der Waals surface area contributed by atoms with Crippen LogP contribution in [-0.4, -0.2) is 18.6 Å². The molecule has 0 saturated carbocycles. The second kappa shape index (κ2) is 9.06. The first-order valence-corrected chi connectivity index (χ1v) is 10.4. The molecule has 4 aromatic rings. The van der Waals surface area contributed by atoms with E-state index in [0.29, 0.717) is 6.54 Å². The van der Waals surface area contributed by atoms with Crippen LogP contribution in [0.4, 0.5) is 0 Å². The third kappa shape index (κ3) is 4.19. The van der Waals surface area contributed by atoms with Gasteiger partial charge in [0.2, 0.25) is 0 Å². The Morgan fingerprint density at radius 2 is 1.67 bits per heavy atom. The number of aryl methyl sites for hydroxylation is 2. The van der Waals surface area contributed by atoms with E-state index < -0.39 is 0 Å². The van der Waals surface area contributed by atoms with Gasteiger partial charge in [-0.25, -0.2) is 0 Å². The molecule has 0 amide bonds. The number of nitrogens with one attached hydrogen (secondary N) is 1. The number of ether oxygens (including phenoxy) is 2. The highest BCUT2D eigenvalue weighted by Crippen LogP contribution is 2.37. The van der Waals surface area contributed by atoms with Crippen LogP contribution < -0.4 is 15.2 Å². The van der Waals surface area contributed by atoms with Gasteiger partial charge in [0.25, 0.3) is 0 Å². The molecular formula is C26H28N2O2. The monoisotopic (exact) mass is 400 g/mol. The Bertz CT molecular complexity index is 1130. The molecule has 0 aliphatic carbocycles. The molecule has 4 heteroatoms. The van der Waals surface area contributed by atoms with Gasteiger partial charge in [-0.2, -0.15) is 0 Å². The molecule has 0 fully saturated rings. The number of hydrogen-bond acceptors (Lipinski definition) is 3. The molecule has 0 spiro atoms. The molecule has 0 unspecified atom stereocenters. The Balaban J connectivity index is 1.78. The largest absolute Gasteiger partial charge is 0.497 e. The lowest BCUT2D eigenvalue weighted by atomic mass is 9.99. The zero-order valence-corrected chi connectivity index (χ0v) is 17.6. The minimum Gasteiger partial charge on any atom is -0.497 e. The van der Waals surface area contributed by atoms with Gasteiger partial charge in [-0.1, -0.05) is 30.3 Å². The lowest BCUT2D eigenvalue weighted by Crippen LogP contribution is -1.99. The van der Waals surface area contributed by atoms with Crippen LogP contribution in [0.3, 0.4) is 0 Å². The Morgan fingerprint density at radius 1 is 0.867 bits per heavy atom. The smallest absolute Gasteiger partial charge is 0.128 e. The van der Waals surface area contributed by atoms with Crippen LogP contribution in [0.25, 0.3) is 22.2 Å². The SMILES string of the molecule is COc1cc(C)c2[nH]c(-c3cccc(Oc4ccccc4)c3)c(CCCCN)c2c1. The minimum atomic E-state index is 0.709. The molecule has 30 heavy (non-hydrogen) atoms.